The van der Waals surface area contributed by atoms with Crippen molar-refractivity contribution in [1.82, 2.24) is 15.2 Å². The summed E-state index contributed by atoms with van der Waals surface area (Å²) in [6.45, 7) is 2.51. The van der Waals surface area contributed by atoms with E-state index in [1.807, 2.05) is 25.1 Å². The smallest absolute Gasteiger partial charge is 0.339 e. The lowest BCUT2D eigenvalue weighted by Crippen LogP contribution is -2.15. The number of rotatable bonds is 5. The summed E-state index contributed by atoms with van der Waals surface area (Å²) in [5.74, 6) is 0.205. The predicted octanol–water partition coefficient (Wildman–Crippen LogP) is 3.26. The Bertz CT molecular complexity index is 868. The summed E-state index contributed by atoms with van der Waals surface area (Å²) >= 11 is 5.67. The number of hydrogen-bond donors (Lipinski definition) is 1. The first kappa shape index (κ1) is 16.1. The van der Waals surface area contributed by atoms with Crippen molar-refractivity contribution in [3.8, 4) is 0 Å². The highest BCUT2D eigenvalue weighted by atomic mass is 35.5. The molecule has 0 unspecified atom stereocenters. The number of carbonyl (C=O) groups excluding carboxylic acids is 1. The van der Waals surface area contributed by atoms with Crippen LogP contribution >= 0.6 is 11.6 Å². The van der Waals surface area contributed by atoms with Crippen LogP contribution in [0.4, 0.5) is 5.82 Å². The van der Waals surface area contributed by atoms with Crippen LogP contribution in [0.3, 0.4) is 0 Å². The number of carbonyl (C=O) groups is 1. The molecule has 24 heavy (non-hydrogen) atoms. The van der Waals surface area contributed by atoms with Crippen LogP contribution in [0.1, 0.15) is 15.9 Å². The van der Waals surface area contributed by atoms with Gasteiger partial charge in [0.05, 0.1) is 17.6 Å². The van der Waals surface area contributed by atoms with Gasteiger partial charge in [-0.3, -0.25) is 4.98 Å². The van der Waals surface area contributed by atoms with E-state index in [1.54, 1.807) is 24.4 Å². The first-order valence-corrected chi connectivity index (χ1v) is 7.77. The molecule has 0 aliphatic carbocycles. The van der Waals surface area contributed by atoms with Crippen molar-refractivity contribution in [1.29, 1.82) is 0 Å². The Labute approximate surface area is 143 Å². The quantitative estimate of drug-likeness (QED) is 0.566. The molecule has 0 saturated heterocycles. The number of pyridine rings is 1. The fraction of sp³-hybridized carbons (Fsp3) is 0.176. The lowest BCUT2D eigenvalue weighted by molar-refractivity contribution is 0.0522. The van der Waals surface area contributed by atoms with E-state index in [0.717, 1.165) is 16.5 Å². The summed E-state index contributed by atoms with van der Waals surface area (Å²) in [6.07, 6.45) is 1.70. The van der Waals surface area contributed by atoms with Gasteiger partial charge in [-0.1, -0.05) is 23.7 Å². The van der Waals surface area contributed by atoms with E-state index < -0.39 is 0 Å². The van der Waals surface area contributed by atoms with E-state index >= 15 is 0 Å². The van der Waals surface area contributed by atoms with Gasteiger partial charge in [-0.05, 0) is 36.8 Å². The van der Waals surface area contributed by atoms with E-state index in [9.17, 15) is 4.79 Å². The van der Waals surface area contributed by atoms with Gasteiger partial charge in [-0.2, -0.15) is 0 Å². The Kier molecular flexibility index (Phi) is 4.86. The molecule has 0 atom stereocenters. The number of ether oxygens (including phenoxy) is 1. The monoisotopic (exact) mass is 342 g/mol. The van der Waals surface area contributed by atoms with Crippen LogP contribution in [0.25, 0.3) is 10.9 Å². The lowest BCUT2D eigenvalue weighted by atomic mass is 10.0. The van der Waals surface area contributed by atoms with E-state index in [1.165, 1.54) is 0 Å². The fourth-order valence-corrected chi connectivity index (χ4v) is 2.44. The molecule has 3 aromatic rings. The van der Waals surface area contributed by atoms with Crippen molar-refractivity contribution >= 4 is 34.3 Å². The molecule has 0 fully saturated rings. The van der Waals surface area contributed by atoms with Crippen molar-refractivity contribution in [2.75, 3.05) is 18.5 Å². The largest absolute Gasteiger partial charge is 0.460 e. The molecule has 0 aliphatic rings. The van der Waals surface area contributed by atoms with Gasteiger partial charge in [0.1, 0.15) is 12.4 Å². The molecular formula is C17H15ClN4O2. The summed E-state index contributed by atoms with van der Waals surface area (Å²) < 4.78 is 5.36. The molecule has 0 bridgehead atoms. The zero-order valence-corrected chi connectivity index (χ0v) is 13.7. The minimum atomic E-state index is -0.366. The molecule has 1 aromatic carbocycles. The summed E-state index contributed by atoms with van der Waals surface area (Å²) in [5, 5.41) is 11.7. The van der Waals surface area contributed by atoms with Gasteiger partial charge in [0.25, 0.3) is 0 Å². The molecule has 0 amide bonds. The minimum Gasteiger partial charge on any atom is -0.460 e. The second-order valence-corrected chi connectivity index (χ2v) is 5.52. The summed E-state index contributed by atoms with van der Waals surface area (Å²) in [6, 6.07) is 10.8. The molecule has 0 aliphatic heterocycles. The highest BCUT2D eigenvalue weighted by molar-refractivity contribution is 6.29. The highest BCUT2D eigenvalue weighted by Crippen LogP contribution is 2.21. The number of anilines is 1. The maximum Gasteiger partial charge on any atom is 0.339 e. The molecular weight excluding hydrogens is 328 g/mol. The molecule has 3 rings (SSSR count). The molecule has 122 valence electrons. The highest BCUT2D eigenvalue weighted by Gasteiger charge is 2.14. The van der Waals surface area contributed by atoms with Crippen LogP contribution < -0.4 is 5.32 Å². The SMILES string of the molecule is Cc1ccc2ncccc2c1C(=O)OCCNc1ccc(Cl)nn1. The van der Waals surface area contributed by atoms with E-state index in [-0.39, 0.29) is 12.6 Å². The maximum atomic E-state index is 12.4. The van der Waals surface area contributed by atoms with Crippen LogP contribution in [0.15, 0.2) is 42.6 Å². The second-order valence-electron chi connectivity index (χ2n) is 5.13. The lowest BCUT2D eigenvalue weighted by Gasteiger charge is -2.10. The van der Waals surface area contributed by atoms with Gasteiger partial charge in [0.2, 0.25) is 0 Å². The molecule has 2 heterocycles. The Morgan fingerprint density at radius 2 is 2.08 bits per heavy atom. The van der Waals surface area contributed by atoms with E-state index in [2.05, 4.69) is 20.5 Å². The molecule has 0 saturated carbocycles. The number of nitrogens with zero attached hydrogens (tertiary/aromatic N) is 3. The Balaban J connectivity index is 1.63. The molecule has 2 aromatic heterocycles. The number of benzene rings is 1. The molecule has 6 nitrogen and oxygen atoms in total. The maximum absolute atomic E-state index is 12.4. The normalized spacial score (nSPS) is 10.6. The topological polar surface area (TPSA) is 77.0 Å². The van der Waals surface area contributed by atoms with Crippen molar-refractivity contribution in [2.24, 2.45) is 0 Å². The summed E-state index contributed by atoms with van der Waals surface area (Å²) in [5.41, 5.74) is 2.17. The van der Waals surface area contributed by atoms with Gasteiger partial charge in [0.15, 0.2) is 5.15 Å². The van der Waals surface area contributed by atoms with Crippen molar-refractivity contribution in [3.63, 3.8) is 0 Å². The second kappa shape index (κ2) is 7.23. The Morgan fingerprint density at radius 3 is 2.88 bits per heavy atom. The first-order valence-electron chi connectivity index (χ1n) is 7.40. The van der Waals surface area contributed by atoms with Crippen LogP contribution in [0.5, 0.6) is 0 Å². The van der Waals surface area contributed by atoms with Crippen molar-refractivity contribution in [3.05, 3.63) is 58.9 Å². The first-order chi connectivity index (χ1) is 11.6. The predicted molar refractivity (Wildman–Crippen MR) is 92.3 cm³/mol. The van der Waals surface area contributed by atoms with Gasteiger partial charge in [0, 0.05) is 11.6 Å². The number of fused-ring (bicyclic) bond motifs is 1. The van der Waals surface area contributed by atoms with Crippen molar-refractivity contribution < 1.29 is 9.53 Å². The van der Waals surface area contributed by atoms with Crippen LogP contribution in [0, 0.1) is 6.92 Å². The third kappa shape index (κ3) is 3.60. The third-order valence-electron chi connectivity index (χ3n) is 3.47. The molecule has 1 N–H and O–H groups in total. The van der Waals surface area contributed by atoms with Crippen LogP contribution in [-0.4, -0.2) is 34.3 Å². The Hall–Kier alpha value is -2.73. The number of aryl methyl sites for hydroxylation is 1. The van der Waals surface area contributed by atoms with E-state index in [0.29, 0.717) is 23.1 Å². The van der Waals surface area contributed by atoms with Crippen molar-refractivity contribution in [2.45, 2.75) is 6.92 Å². The number of halogens is 1. The van der Waals surface area contributed by atoms with Crippen LogP contribution in [-0.2, 0) is 4.74 Å². The average molecular weight is 343 g/mol. The molecule has 0 spiro atoms. The Morgan fingerprint density at radius 1 is 1.21 bits per heavy atom. The van der Waals surface area contributed by atoms with Gasteiger partial charge >= 0.3 is 5.97 Å². The van der Waals surface area contributed by atoms with E-state index in [4.69, 9.17) is 16.3 Å². The van der Waals surface area contributed by atoms with Gasteiger partial charge in [-0.25, -0.2) is 4.79 Å². The van der Waals surface area contributed by atoms with Gasteiger partial charge < -0.3 is 10.1 Å². The number of hydrogen-bond acceptors (Lipinski definition) is 6. The van der Waals surface area contributed by atoms with Crippen LogP contribution in [0.2, 0.25) is 5.15 Å². The summed E-state index contributed by atoms with van der Waals surface area (Å²) in [7, 11) is 0. The summed E-state index contributed by atoms with van der Waals surface area (Å²) in [4.78, 5) is 16.7. The van der Waals surface area contributed by atoms with Gasteiger partial charge in [-0.15, -0.1) is 10.2 Å². The number of aromatic nitrogens is 3. The molecule has 7 heteroatoms. The standard InChI is InChI=1S/C17H15ClN4O2/c1-11-4-5-13-12(3-2-8-19-13)16(11)17(23)24-10-9-20-15-7-6-14(18)21-22-15/h2-8H,9-10H2,1H3,(H,20,22). The number of esters is 1. The fourth-order valence-electron chi connectivity index (χ4n) is 2.34. The zero-order chi connectivity index (χ0) is 16.9. The zero-order valence-electron chi connectivity index (χ0n) is 13.0. The average Bonchev–Trinajstić information content (AvgIpc) is 2.60. The number of nitrogens with one attached hydrogen (secondary N) is 1. The molecule has 0 radical (unpaired) electrons. The minimum absolute atomic E-state index is 0.208. The third-order valence-corrected chi connectivity index (χ3v) is 3.67.